The third-order valence-electron chi connectivity index (χ3n) is 4.77. The summed E-state index contributed by atoms with van der Waals surface area (Å²) < 4.78 is 32.4. The molecule has 0 bridgehead atoms. The van der Waals surface area contributed by atoms with Gasteiger partial charge in [0.05, 0.1) is 0 Å². The van der Waals surface area contributed by atoms with Crippen LogP contribution in [0.2, 0.25) is 0 Å². The Morgan fingerprint density at radius 2 is 1.85 bits per heavy atom. The minimum atomic E-state index is -3.73. The van der Waals surface area contributed by atoms with Crippen molar-refractivity contribution in [1.82, 2.24) is 14.4 Å². The van der Waals surface area contributed by atoms with Gasteiger partial charge in [0, 0.05) is 26.2 Å². The number of carbonyl (C=O) groups is 1. The van der Waals surface area contributed by atoms with Crippen LogP contribution in [0.4, 0.5) is 0 Å². The molecule has 1 aliphatic rings. The normalized spacial score (nSPS) is 18.1. The topological polar surface area (TPSA) is 104 Å². The second-order valence-electron chi connectivity index (χ2n) is 6.60. The number of benzene rings is 1. The number of carboxylic acids is 1. The van der Waals surface area contributed by atoms with Gasteiger partial charge < -0.3 is 9.63 Å². The highest BCUT2D eigenvalue weighted by molar-refractivity contribution is 7.89. The zero-order valence-electron chi connectivity index (χ0n) is 15.3. The van der Waals surface area contributed by atoms with Crippen molar-refractivity contribution >= 4 is 16.0 Å². The van der Waals surface area contributed by atoms with Gasteiger partial charge in [-0.15, -0.1) is 0 Å². The van der Waals surface area contributed by atoms with Gasteiger partial charge in [-0.25, -0.2) is 8.42 Å². The van der Waals surface area contributed by atoms with E-state index in [1.54, 1.807) is 38.1 Å². The molecule has 1 aromatic heterocycles. The summed E-state index contributed by atoms with van der Waals surface area (Å²) in [5.74, 6) is -0.676. The first-order chi connectivity index (χ1) is 12.8. The Hall–Kier alpha value is -2.23. The maximum atomic E-state index is 13.0. The zero-order chi connectivity index (χ0) is 19.6. The molecule has 9 heteroatoms. The molecule has 3 rings (SSSR count). The highest BCUT2D eigenvalue weighted by Crippen LogP contribution is 2.27. The van der Waals surface area contributed by atoms with Crippen LogP contribution >= 0.6 is 0 Å². The standard InChI is InChI=1S/C18H23N3O5S/c1-13-17(14(2)26-19-13)27(24,25)21-10-6-9-20(11-12-21)16(18(22)23)15-7-4-3-5-8-15/h3-5,7-8,16H,6,9-12H2,1-2H3,(H,22,23). The maximum Gasteiger partial charge on any atom is 0.325 e. The number of hydrogen-bond donors (Lipinski definition) is 1. The third kappa shape index (κ3) is 3.90. The maximum absolute atomic E-state index is 13.0. The van der Waals surface area contributed by atoms with Crippen molar-refractivity contribution in [2.75, 3.05) is 26.2 Å². The Balaban J connectivity index is 1.82. The molecule has 8 nitrogen and oxygen atoms in total. The van der Waals surface area contributed by atoms with Gasteiger partial charge in [0.25, 0.3) is 0 Å². The highest BCUT2D eigenvalue weighted by atomic mass is 32.2. The quantitative estimate of drug-likeness (QED) is 0.826. The second-order valence-corrected chi connectivity index (χ2v) is 8.47. The number of carboxylic acid groups (broad SMARTS) is 1. The molecule has 0 amide bonds. The lowest BCUT2D eigenvalue weighted by Crippen LogP contribution is -2.38. The van der Waals surface area contributed by atoms with Gasteiger partial charge in [-0.3, -0.25) is 9.69 Å². The van der Waals surface area contributed by atoms with Crippen LogP contribution in [0.1, 0.15) is 29.5 Å². The molecule has 1 unspecified atom stereocenters. The molecule has 0 radical (unpaired) electrons. The van der Waals surface area contributed by atoms with Crippen molar-refractivity contribution < 1.29 is 22.8 Å². The Morgan fingerprint density at radius 3 is 2.44 bits per heavy atom. The van der Waals surface area contributed by atoms with E-state index < -0.39 is 22.0 Å². The largest absolute Gasteiger partial charge is 0.480 e. The first-order valence-electron chi connectivity index (χ1n) is 8.77. The van der Waals surface area contributed by atoms with Gasteiger partial charge >= 0.3 is 5.97 Å². The molecule has 27 heavy (non-hydrogen) atoms. The van der Waals surface area contributed by atoms with Crippen molar-refractivity contribution in [3.63, 3.8) is 0 Å². The van der Waals surface area contributed by atoms with Crippen LogP contribution in [0, 0.1) is 13.8 Å². The summed E-state index contributed by atoms with van der Waals surface area (Å²) in [6.45, 7) is 4.54. The first kappa shape index (κ1) is 19.5. The molecule has 1 N–H and O–H groups in total. The van der Waals surface area contributed by atoms with Crippen LogP contribution < -0.4 is 0 Å². The smallest absolute Gasteiger partial charge is 0.325 e. The van der Waals surface area contributed by atoms with E-state index in [2.05, 4.69) is 5.16 Å². The minimum Gasteiger partial charge on any atom is -0.480 e. The Morgan fingerprint density at radius 1 is 1.15 bits per heavy atom. The Bertz CT molecular complexity index is 891. The number of rotatable bonds is 5. The molecule has 146 valence electrons. The number of aromatic nitrogens is 1. The molecule has 0 saturated carbocycles. The fourth-order valence-electron chi connectivity index (χ4n) is 3.53. The minimum absolute atomic E-state index is 0.105. The average molecular weight is 393 g/mol. The summed E-state index contributed by atoms with van der Waals surface area (Å²) >= 11 is 0. The van der Waals surface area contributed by atoms with Gasteiger partial charge in [0.15, 0.2) is 5.76 Å². The SMILES string of the molecule is Cc1noc(C)c1S(=O)(=O)N1CCCN(C(C(=O)O)c2ccccc2)CC1. The molecule has 1 saturated heterocycles. The molecular formula is C18H23N3O5S. The number of aryl methyl sites for hydroxylation is 2. The number of sulfonamides is 1. The van der Waals surface area contributed by atoms with E-state index in [-0.39, 0.29) is 17.2 Å². The van der Waals surface area contributed by atoms with Crippen LogP contribution in [0.5, 0.6) is 0 Å². The molecule has 2 heterocycles. The van der Waals surface area contributed by atoms with Crippen molar-refractivity contribution in [2.24, 2.45) is 0 Å². The number of aliphatic carboxylic acids is 1. The summed E-state index contributed by atoms with van der Waals surface area (Å²) in [5, 5.41) is 13.5. The van der Waals surface area contributed by atoms with E-state index in [4.69, 9.17) is 4.52 Å². The number of nitrogens with zero attached hydrogens (tertiary/aromatic N) is 3. The zero-order valence-corrected chi connectivity index (χ0v) is 16.1. The van der Waals surface area contributed by atoms with Gasteiger partial charge in [0.2, 0.25) is 10.0 Å². The van der Waals surface area contributed by atoms with Gasteiger partial charge in [-0.1, -0.05) is 35.5 Å². The van der Waals surface area contributed by atoms with E-state index in [0.717, 1.165) is 0 Å². The molecule has 1 atom stereocenters. The Kier molecular flexibility index (Phi) is 5.64. The van der Waals surface area contributed by atoms with Crippen LogP contribution in [0.15, 0.2) is 39.8 Å². The molecule has 0 spiro atoms. The van der Waals surface area contributed by atoms with Crippen LogP contribution in [0.25, 0.3) is 0 Å². The lowest BCUT2D eigenvalue weighted by molar-refractivity contribution is -0.143. The molecule has 0 aliphatic carbocycles. The summed E-state index contributed by atoms with van der Waals surface area (Å²) in [4.78, 5) is 13.8. The molecular weight excluding hydrogens is 370 g/mol. The average Bonchev–Trinajstić information content (AvgIpc) is 2.82. The lowest BCUT2D eigenvalue weighted by Gasteiger charge is -2.27. The van der Waals surface area contributed by atoms with E-state index in [0.29, 0.717) is 37.3 Å². The predicted octanol–water partition coefficient (Wildman–Crippen LogP) is 1.81. The van der Waals surface area contributed by atoms with E-state index in [9.17, 15) is 18.3 Å². The van der Waals surface area contributed by atoms with Crippen LogP contribution in [-0.2, 0) is 14.8 Å². The second kappa shape index (κ2) is 7.79. The fraction of sp³-hybridized carbons (Fsp3) is 0.444. The molecule has 2 aromatic rings. The monoisotopic (exact) mass is 393 g/mol. The summed E-state index contributed by atoms with van der Waals surface area (Å²) in [7, 11) is -3.73. The van der Waals surface area contributed by atoms with Crippen molar-refractivity contribution in [2.45, 2.75) is 31.2 Å². The van der Waals surface area contributed by atoms with E-state index in [1.165, 1.54) is 4.31 Å². The fourth-order valence-corrected chi connectivity index (χ4v) is 5.29. The van der Waals surface area contributed by atoms with Gasteiger partial charge in [0.1, 0.15) is 16.6 Å². The molecule has 1 aliphatic heterocycles. The van der Waals surface area contributed by atoms with Gasteiger partial charge in [-0.2, -0.15) is 4.31 Å². The van der Waals surface area contributed by atoms with E-state index >= 15 is 0 Å². The Labute approximate surface area is 158 Å². The molecule has 1 aromatic carbocycles. The molecule has 1 fully saturated rings. The first-order valence-corrected chi connectivity index (χ1v) is 10.2. The van der Waals surface area contributed by atoms with Crippen molar-refractivity contribution in [3.05, 3.63) is 47.3 Å². The predicted molar refractivity (Wildman–Crippen MR) is 97.7 cm³/mol. The van der Waals surface area contributed by atoms with Crippen LogP contribution in [0.3, 0.4) is 0 Å². The highest BCUT2D eigenvalue weighted by Gasteiger charge is 2.35. The van der Waals surface area contributed by atoms with Gasteiger partial charge in [-0.05, 0) is 25.8 Å². The summed E-state index contributed by atoms with van der Waals surface area (Å²) in [6, 6.07) is 8.20. The van der Waals surface area contributed by atoms with E-state index in [1.807, 2.05) is 11.0 Å². The van der Waals surface area contributed by atoms with Crippen LogP contribution in [-0.4, -0.2) is 60.0 Å². The van der Waals surface area contributed by atoms with Crippen molar-refractivity contribution in [1.29, 1.82) is 0 Å². The summed E-state index contributed by atoms with van der Waals surface area (Å²) in [5.41, 5.74) is 1.02. The number of hydrogen-bond acceptors (Lipinski definition) is 6. The third-order valence-corrected chi connectivity index (χ3v) is 6.91. The summed E-state index contributed by atoms with van der Waals surface area (Å²) in [6.07, 6.45) is 0.541. The van der Waals surface area contributed by atoms with Crippen molar-refractivity contribution in [3.8, 4) is 0 Å². The lowest BCUT2D eigenvalue weighted by atomic mass is 10.1.